The molecule has 2 rings (SSSR count). The van der Waals surface area contributed by atoms with Gasteiger partial charge in [0.2, 0.25) is 0 Å². The predicted molar refractivity (Wildman–Crippen MR) is 109 cm³/mol. The van der Waals surface area contributed by atoms with Crippen LogP contribution in [0.25, 0.3) is 6.08 Å². The zero-order chi connectivity index (χ0) is 19.8. The van der Waals surface area contributed by atoms with Crippen LogP contribution in [0.2, 0.25) is 0 Å². The molecule has 27 heavy (non-hydrogen) atoms. The van der Waals surface area contributed by atoms with Gasteiger partial charge in [-0.3, -0.25) is 4.79 Å². The molecule has 0 N–H and O–H groups in total. The van der Waals surface area contributed by atoms with Crippen LogP contribution in [-0.4, -0.2) is 19.0 Å². The summed E-state index contributed by atoms with van der Waals surface area (Å²) in [6, 6.07) is 10.8. The first-order valence-corrected chi connectivity index (χ1v) is 9.01. The van der Waals surface area contributed by atoms with Gasteiger partial charge in [-0.15, -0.1) is 0 Å². The molecule has 0 fully saturated rings. The number of ketones is 1. The highest BCUT2D eigenvalue weighted by Gasteiger charge is 2.12. The Bertz CT molecular complexity index is 832. The van der Waals surface area contributed by atoms with Gasteiger partial charge in [-0.2, -0.15) is 0 Å². The van der Waals surface area contributed by atoms with E-state index in [1.807, 2.05) is 32.9 Å². The fraction of sp³-hybridized carbons (Fsp3) is 0.261. The molecule has 0 spiro atoms. The molecule has 0 atom stereocenters. The average molecular weight is 366 g/mol. The Labute approximate surface area is 161 Å². The van der Waals surface area contributed by atoms with Crippen molar-refractivity contribution < 1.29 is 19.0 Å². The van der Waals surface area contributed by atoms with E-state index in [1.165, 1.54) is 6.08 Å². The molecule has 0 aliphatic rings. The summed E-state index contributed by atoms with van der Waals surface area (Å²) in [5.41, 5.74) is 2.34. The molecule has 0 radical (unpaired) electrons. The fourth-order valence-corrected chi connectivity index (χ4v) is 2.61. The summed E-state index contributed by atoms with van der Waals surface area (Å²) >= 11 is 0. The Kier molecular flexibility index (Phi) is 7.24. The monoisotopic (exact) mass is 366 g/mol. The second-order valence-corrected chi connectivity index (χ2v) is 6.02. The van der Waals surface area contributed by atoms with Gasteiger partial charge in [-0.05, 0) is 75.7 Å². The maximum atomic E-state index is 12.5. The Morgan fingerprint density at radius 3 is 2.30 bits per heavy atom. The van der Waals surface area contributed by atoms with Crippen molar-refractivity contribution >= 4 is 11.9 Å². The molecule has 0 aromatic heterocycles. The van der Waals surface area contributed by atoms with Crippen molar-refractivity contribution in [3.8, 4) is 17.2 Å². The van der Waals surface area contributed by atoms with Crippen molar-refractivity contribution in [3.05, 3.63) is 71.5 Å². The largest absolute Gasteiger partial charge is 0.493 e. The van der Waals surface area contributed by atoms with Crippen molar-refractivity contribution in [2.45, 2.75) is 27.7 Å². The van der Waals surface area contributed by atoms with Crippen molar-refractivity contribution in [1.82, 2.24) is 0 Å². The van der Waals surface area contributed by atoms with Crippen molar-refractivity contribution in [2.75, 3.05) is 13.2 Å². The Morgan fingerprint density at radius 2 is 1.70 bits per heavy atom. The maximum Gasteiger partial charge on any atom is 0.185 e. The van der Waals surface area contributed by atoms with E-state index in [4.69, 9.17) is 14.2 Å². The molecule has 0 saturated heterocycles. The van der Waals surface area contributed by atoms with Gasteiger partial charge in [0.15, 0.2) is 5.78 Å². The van der Waals surface area contributed by atoms with Gasteiger partial charge in [0.05, 0.1) is 24.5 Å². The summed E-state index contributed by atoms with van der Waals surface area (Å²) in [5.74, 6) is 2.57. The number of rotatable bonds is 9. The Balaban J connectivity index is 2.29. The van der Waals surface area contributed by atoms with Gasteiger partial charge in [0, 0.05) is 5.56 Å². The standard InChI is InChI=1S/C23H26O4/c1-6-25-22-15-8-17(5)23(26-7-2)20(22)13-14-21(24)18-9-11-19(12-10-18)27-16(3)4/h8-15H,3,6-7H2,1-2,4-5H3. The number of benzene rings is 2. The van der Waals surface area contributed by atoms with E-state index in [2.05, 4.69) is 6.58 Å². The van der Waals surface area contributed by atoms with E-state index in [1.54, 1.807) is 37.3 Å². The van der Waals surface area contributed by atoms with Crippen molar-refractivity contribution in [3.63, 3.8) is 0 Å². The van der Waals surface area contributed by atoms with Crippen LogP contribution in [0.15, 0.2) is 54.8 Å². The normalized spacial score (nSPS) is 10.7. The summed E-state index contributed by atoms with van der Waals surface area (Å²) in [6.45, 7) is 12.4. The first-order valence-electron chi connectivity index (χ1n) is 9.01. The molecule has 0 aliphatic carbocycles. The van der Waals surface area contributed by atoms with Crippen LogP contribution in [0.4, 0.5) is 0 Å². The second kappa shape index (κ2) is 9.62. The average Bonchev–Trinajstić information content (AvgIpc) is 2.64. The van der Waals surface area contributed by atoms with Gasteiger partial charge in [0.25, 0.3) is 0 Å². The zero-order valence-corrected chi connectivity index (χ0v) is 16.4. The fourth-order valence-electron chi connectivity index (χ4n) is 2.61. The Morgan fingerprint density at radius 1 is 1.04 bits per heavy atom. The minimum Gasteiger partial charge on any atom is -0.493 e. The van der Waals surface area contributed by atoms with Gasteiger partial charge in [-0.25, -0.2) is 0 Å². The van der Waals surface area contributed by atoms with E-state index in [-0.39, 0.29) is 5.78 Å². The number of aryl methyl sites for hydroxylation is 1. The molecule has 0 amide bonds. The number of carbonyl (C=O) groups is 1. The summed E-state index contributed by atoms with van der Waals surface area (Å²) in [5, 5.41) is 0. The molecule has 0 heterocycles. The van der Waals surface area contributed by atoms with Crippen LogP contribution in [0, 0.1) is 6.92 Å². The first-order chi connectivity index (χ1) is 13.0. The minimum absolute atomic E-state index is 0.108. The lowest BCUT2D eigenvalue weighted by Crippen LogP contribution is -2.01. The van der Waals surface area contributed by atoms with Gasteiger partial charge < -0.3 is 14.2 Å². The number of hydrogen-bond donors (Lipinski definition) is 0. The lowest BCUT2D eigenvalue weighted by Gasteiger charge is -2.15. The highest BCUT2D eigenvalue weighted by Crippen LogP contribution is 2.33. The van der Waals surface area contributed by atoms with Gasteiger partial charge in [-0.1, -0.05) is 12.6 Å². The number of hydrogen-bond acceptors (Lipinski definition) is 4. The van der Waals surface area contributed by atoms with Crippen molar-refractivity contribution in [1.29, 1.82) is 0 Å². The van der Waals surface area contributed by atoms with Crippen LogP contribution >= 0.6 is 0 Å². The topological polar surface area (TPSA) is 44.8 Å². The van der Waals surface area contributed by atoms with Crippen molar-refractivity contribution in [2.24, 2.45) is 0 Å². The lowest BCUT2D eigenvalue weighted by molar-refractivity contribution is 0.104. The van der Waals surface area contributed by atoms with E-state index in [0.29, 0.717) is 36.0 Å². The third-order valence-electron chi connectivity index (χ3n) is 3.77. The molecule has 4 heteroatoms. The molecule has 2 aromatic rings. The summed E-state index contributed by atoms with van der Waals surface area (Å²) in [6.07, 6.45) is 3.29. The summed E-state index contributed by atoms with van der Waals surface area (Å²) in [4.78, 5) is 12.5. The van der Waals surface area contributed by atoms with E-state index in [9.17, 15) is 4.79 Å². The number of carbonyl (C=O) groups excluding carboxylic acids is 1. The predicted octanol–water partition coefficient (Wildman–Crippen LogP) is 5.60. The van der Waals surface area contributed by atoms with Gasteiger partial charge >= 0.3 is 0 Å². The highest BCUT2D eigenvalue weighted by molar-refractivity contribution is 6.07. The third-order valence-corrected chi connectivity index (χ3v) is 3.77. The molecule has 142 valence electrons. The molecule has 0 bridgehead atoms. The van der Waals surface area contributed by atoms with E-state index < -0.39 is 0 Å². The number of ether oxygens (including phenoxy) is 3. The first kappa shape index (κ1) is 20.3. The molecule has 2 aromatic carbocycles. The molecule has 4 nitrogen and oxygen atoms in total. The third kappa shape index (κ3) is 5.48. The minimum atomic E-state index is -0.108. The molecule has 0 unspecified atom stereocenters. The van der Waals surface area contributed by atoms with Crippen LogP contribution < -0.4 is 14.2 Å². The second-order valence-electron chi connectivity index (χ2n) is 6.02. The molecule has 0 saturated carbocycles. The maximum absolute atomic E-state index is 12.5. The zero-order valence-electron chi connectivity index (χ0n) is 16.4. The molecule has 0 aliphatic heterocycles. The van der Waals surface area contributed by atoms with E-state index in [0.717, 1.165) is 16.9 Å². The van der Waals surface area contributed by atoms with Crippen LogP contribution in [0.3, 0.4) is 0 Å². The summed E-state index contributed by atoms with van der Waals surface area (Å²) < 4.78 is 16.9. The van der Waals surface area contributed by atoms with Gasteiger partial charge in [0.1, 0.15) is 17.2 Å². The lowest BCUT2D eigenvalue weighted by atomic mass is 10.1. The molecular formula is C23H26O4. The highest BCUT2D eigenvalue weighted by atomic mass is 16.5. The van der Waals surface area contributed by atoms with Crippen LogP contribution in [-0.2, 0) is 0 Å². The quantitative estimate of drug-likeness (QED) is 0.329. The summed E-state index contributed by atoms with van der Waals surface area (Å²) in [7, 11) is 0. The van der Waals surface area contributed by atoms with Crippen LogP contribution in [0.5, 0.6) is 17.2 Å². The molecular weight excluding hydrogens is 340 g/mol. The number of allylic oxidation sites excluding steroid dienone is 2. The smallest absolute Gasteiger partial charge is 0.185 e. The van der Waals surface area contributed by atoms with Crippen LogP contribution in [0.1, 0.15) is 42.3 Å². The SMILES string of the molecule is C=C(C)Oc1ccc(C(=O)C=Cc2c(OCC)ccc(C)c2OCC)cc1. The van der Waals surface area contributed by atoms with E-state index >= 15 is 0 Å². The Hall–Kier alpha value is -3.01.